The second-order valence-electron chi connectivity index (χ2n) is 4.81. The van der Waals surface area contributed by atoms with E-state index in [4.69, 9.17) is 0 Å². The first-order valence-electron chi connectivity index (χ1n) is 6.66. The third-order valence-corrected chi connectivity index (χ3v) is 3.12. The molecule has 0 bridgehead atoms. The summed E-state index contributed by atoms with van der Waals surface area (Å²) in [7, 11) is 0. The van der Waals surface area contributed by atoms with Crippen molar-refractivity contribution in [2.75, 3.05) is 5.32 Å². The van der Waals surface area contributed by atoms with Crippen molar-refractivity contribution in [3.8, 4) is 0 Å². The Balaban J connectivity index is 1.97. The minimum absolute atomic E-state index is 0.411. The van der Waals surface area contributed by atoms with Gasteiger partial charge in [-0.2, -0.15) is 13.2 Å². The maximum atomic E-state index is 12.5. The van der Waals surface area contributed by atoms with Crippen LogP contribution in [0.3, 0.4) is 0 Å². The topological polar surface area (TPSA) is 41.1 Å². The van der Waals surface area contributed by atoms with Gasteiger partial charge in [0.1, 0.15) is 0 Å². The van der Waals surface area contributed by atoms with E-state index < -0.39 is 23.8 Å². The molecule has 0 aromatic heterocycles. The maximum Gasteiger partial charge on any atom is 0.416 e. The molecule has 0 fully saturated rings. The summed E-state index contributed by atoms with van der Waals surface area (Å²) in [6, 6.07) is 12.8. The molecule has 0 aliphatic carbocycles. The molecule has 0 spiro atoms. The van der Waals surface area contributed by atoms with E-state index in [2.05, 4.69) is 10.6 Å². The van der Waals surface area contributed by atoms with Crippen molar-refractivity contribution in [1.82, 2.24) is 5.32 Å². The Bertz CT molecular complexity index is 624. The van der Waals surface area contributed by atoms with Gasteiger partial charge in [-0.05, 0) is 36.8 Å². The summed E-state index contributed by atoms with van der Waals surface area (Å²) in [5, 5.41) is 5.32. The fraction of sp³-hybridized carbons (Fsp3) is 0.188. The average Bonchev–Trinajstić information content (AvgIpc) is 2.47. The van der Waals surface area contributed by atoms with Crippen molar-refractivity contribution in [3.05, 3.63) is 65.7 Å². The first kappa shape index (κ1) is 15.9. The van der Waals surface area contributed by atoms with Gasteiger partial charge in [-0.15, -0.1) is 0 Å². The van der Waals surface area contributed by atoms with Crippen molar-refractivity contribution in [2.45, 2.75) is 19.1 Å². The van der Waals surface area contributed by atoms with Crippen LogP contribution >= 0.6 is 0 Å². The van der Waals surface area contributed by atoms with Gasteiger partial charge in [-0.3, -0.25) is 0 Å². The zero-order valence-corrected chi connectivity index (χ0v) is 11.8. The molecular weight excluding hydrogens is 293 g/mol. The van der Waals surface area contributed by atoms with Crippen LogP contribution in [0.2, 0.25) is 0 Å². The number of carbonyl (C=O) groups excluding carboxylic acids is 1. The van der Waals surface area contributed by atoms with E-state index in [0.29, 0.717) is 11.3 Å². The highest BCUT2D eigenvalue weighted by atomic mass is 19.4. The molecule has 2 N–H and O–H groups in total. The van der Waals surface area contributed by atoms with Crippen LogP contribution in [0.4, 0.5) is 23.7 Å². The number of hydrogen-bond donors (Lipinski definition) is 2. The number of alkyl halides is 3. The number of halogens is 3. The lowest BCUT2D eigenvalue weighted by molar-refractivity contribution is -0.137. The quantitative estimate of drug-likeness (QED) is 0.855. The van der Waals surface area contributed by atoms with Gasteiger partial charge in [0.05, 0.1) is 11.6 Å². The molecule has 3 nitrogen and oxygen atoms in total. The molecule has 0 aliphatic heterocycles. The molecule has 1 atom stereocenters. The van der Waals surface area contributed by atoms with Gasteiger partial charge in [-0.25, -0.2) is 4.79 Å². The summed E-state index contributed by atoms with van der Waals surface area (Å²) < 4.78 is 37.5. The number of amides is 2. The lowest BCUT2D eigenvalue weighted by Crippen LogP contribution is -2.31. The predicted molar refractivity (Wildman–Crippen MR) is 78.5 cm³/mol. The number of para-hydroxylation sites is 1. The van der Waals surface area contributed by atoms with E-state index in [1.807, 2.05) is 6.07 Å². The molecule has 116 valence electrons. The first-order chi connectivity index (χ1) is 10.4. The SMILES string of the molecule is CC(NC(=O)Nc1ccccc1)c1ccc(C(F)(F)F)cc1. The van der Waals surface area contributed by atoms with Gasteiger partial charge in [0, 0.05) is 5.69 Å². The Morgan fingerprint density at radius 3 is 2.14 bits per heavy atom. The molecule has 0 saturated carbocycles. The van der Waals surface area contributed by atoms with Crippen LogP contribution in [0, 0.1) is 0 Å². The van der Waals surface area contributed by atoms with Crippen molar-refractivity contribution in [3.63, 3.8) is 0 Å². The van der Waals surface area contributed by atoms with Crippen molar-refractivity contribution < 1.29 is 18.0 Å². The van der Waals surface area contributed by atoms with Crippen LogP contribution in [-0.2, 0) is 6.18 Å². The second kappa shape index (κ2) is 6.51. The van der Waals surface area contributed by atoms with Gasteiger partial charge in [0.15, 0.2) is 0 Å². The molecule has 2 aromatic rings. The highest BCUT2D eigenvalue weighted by Gasteiger charge is 2.30. The third kappa shape index (κ3) is 4.25. The van der Waals surface area contributed by atoms with Crippen molar-refractivity contribution in [1.29, 1.82) is 0 Å². The fourth-order valence-corrected chi connectivity index (χ4v) is 1.93. The molecule has 0 aliphatic rings. The summed E-state index contributed by atoms with van der Waals surface area (Å²) in [5.74, 6) is 0. The minimum Gasteiger partial charge on any atom is -0.331 e. The zero-order chi connectivity index (χ0) is 16.2. The summed E-state index contributed by atoms with van der Waals surface area (Å²) in [6.45, 7) is 1.70. The standard InChI is InChI=1S/C16H15F3N2O/c1-11(12-7-9-13(10-8-12)16(17,18)19)20-15(22)21-14-5-3-2-4-6-14/h2-11H,1H3,(H2,20,21,22). The Morgan fingerprint density at radius 1 is 1.00 bits per heavy atom. The normalized spacial score (nSPS) is 12.5. The van der Waals surface area contributed by atoms with Gasteiger partial charge in [0.2, 0.25) is 0 Å². The van der Waals surface area contributed by atoms with Crippen LogP contribution in [0.25, 0.3) is 0 Å². The molecule has 1 unspecified atom stereocenters. The highest BCUT2D eigenvalue weighted by Crippen LogP contribution is 2.29. The summed E-state index contributed by atoms with van der Waals surface area (Å²) in [4.78, 5) is 11.8. The summed E-state index contributed by atoms with van der Waals surface area (Å²) in [6.07, 6.45) is -4.36. The molecule has 2 rings (SSSR count). The summed E-state index contributed by atoms with van der Waals surface area (Å²) in [5.41, 5.74) is 0.521. The predicted octanol–water partition coefficient (Wildman–Crippen LogP) is 4.59. The molecule has 0 saturated heterocycles. The van der Waals surface area contributed by atoms with Crippen molar-refractivity contribution >= 4 is 11.7 Å². The number of nitrogens with one attached hydrogen (secondary N) is 2. The molecule has 6 heteroatoms. The number of anilines is 1. The van der Waals surface area contributed by atoms with E-state index >= 15 is 0 Å². The van der Waals surface area contributed by atoms with Crippen LogP contribution in [0.1, 0.15) is 24.1 Å². The third-order valence-electron chi connectivity index (χ3n) is 3.12. The first-order valence-corrected chi connectivity index (χ1v) is 6.66. The van der Waals surface area contributed by atoms with E-state index in [9.17, 15) is 18.0 Å². The zero-order valence-electron chi connectivity index (χ0n) is 11.8. The second-order valence-corrected chi connectivity index (χ2v) is 4.81. The highest BCUT2D eigenvalue weighted by molar-refractivity contribution is 5.89. The smallest absolute Gasteiger partial charge is 0.331 e. The summed E-state index contributed by atoms with van der Waals surface area (Å²) >= 11 is 0. The molecule has 0 radical (unpaired) electrons. The number of hydrogen-bond acceptors (Lipinski definition) is 1. The van der Waals surface area contributed by atoms with E-state index in [1.165, 1.54) is 12.1 Å². The number of carbonyl (C=O) groups is 1. The van der Waals surface area contributed by atoms with Crippen LogP contribution in [-0.4, -0.2) is 6.03 Å². The number of rotatable bonds is 3. The Kier molecular flexibility index (Phi) is 4.70. The van der Waals surface area contributed by atoms with E-state index in [0.717, 1.165) is 12.1 Å². The fourth-order valence-electron chi connectivity index (χ4n) is 1.93. The maximum absolute atomic E-state index is 12.5. The van der Waals surface area contributed by atoms with Gasteiger partial charge < -0.3 is 10.6 Å². The largest absolute Gasteiger partial charge is 0.416 e. The Hall–Kier alpha value is -2.50. The van der Waals surface area contributed by atoms with Crippen LogP contribution < -0.4 is 10.6 Å². The lowest BCUT2D eigenvalue weighted by atomic mass is 10.1. The molecule has 0 heterocycles. The average molecular weight is 308 g/mol. The minimum atomic E-state index is -4.36. The van der Waals surface area contributed by atoms with Crippen molar-refractivity contribution in [2.24, 2.45) is 0 Å². The molecule has 2 aromatic carbocycles. The Labute approximate surface area is 126 Å². The lowest BCUT2D eigenvalue weighted by Gasteiger charge is -2.16. The van der Waals surface area contributed by atoms with E-state index in [1.54, 1.807) is 31.2 Å². The molecular formula is C16H15F3N2O. The van der Waals surface area contributed by atoms with Crippen LogP contribution in [0.15, 0.2) is 54.6 Å². The number of urea groups is 1. The van der Waals surface area contributed by atoms with Gasteiger partial charge >= 0.3 is 12.2 Å². The number of benzene rings is 2. The molecule has 22 heavy (non-hydrogen) atoms. The molecule has 2 amide bonds. The van der Waals surface area contributed by atoms with Gasteiger partial charge in [-0.1, -0.05) is 30.3 Å². The Morgan fingerprint density at radius 2 is 1.59 bits per heavy atom. The van der Waals surface area contributed by atoms with E-state index in [-0.39, 0.29) is 0 Å². The monoisotopic (exact) mass is 308 g/mol. The van der Waals surface area contributed by atoms with Gasteiger partial charge in [0.25, 0.3) is 0 Å². The van der Waals surface area contributed by atoms with Crippen LogP contribution in [0.5, 0.6) is 0 Å².